The van der Waals surface area contributed by atoms with E-state index >= 15 is 0 Å². The SMILES string of the molecule is CCNC(CO)c1cccc(O)c1. The van der Waals surface area contributed by atoms with E-state index in [0.717, 1.165) is 12.1 Å². The van der Waals surface area contributed by atoms with Crippen LogP contribution in [0.5, 0.6) is 5.75 Å². The van der Waals surface area contributed by atoms with Crippen molar-refractivity contribution in [3.8, 4) is 5.75 Å². The molecule has 0 radical (unpaired) electrons. The number of hydrogen-bond donors (Lipinski definition) is 3. The highest BCUT2D eigenvalue weighted by Crippen LogP contribution is 2.17. The van der Waals surface area contributed by atoms with Gasteiger partial charge in [-0.05, 0) is 24.2 Å². The molecule has 0 fully saturated rings. The van der Waals surface area contributed by atoms with Crippen LogP contribution in [-0.2, 0) is 0 Å². The zero-order chi connectivity index (χ0) is 9.68. The molecule has 3 nitrogen and oxygen atoms in total. The second kappa shape index (κ2) is 4.84. The zero-order valence-electron chi connectivity index (χ0n) is 7.70. The Morgan fingerprint density at radius 1 is 1.46 bits per heavy atom. The third-order valence-corrected chi connectivity index (χ3v) is 1.91. The summed E-state index contributed by atoms with van der Waals surface area (Å²) in [5.41, 5.74) is 0.907. The molecule has 0 aromatic heterocycles. The highest BCUT2D eigenvalue weighted by atomic mass is 16.3. The van der Waals surface area contributed by atoms with Gasteiger partial charge in [-0.15, -0.1) is 0 Å². The molecule has 0 spiro atoms. The molecule has 3 N–H and O–H groups in total. The molecule has 0 saturated carbocycles. The van der Waals surface area contributed by atoms with Gasteiger partial charge in [-0.2, -0.15) is 0 Å². The van der Waals surface area contributed by atoms with Gasteiger partial charge in [-0.25, -0.2) is 0 Å². The molecule has 0 heterocycles. The first-order chi connectivity index (χ1) is 6.27. The molecule has 0 amide bonds. The third kappa shape index (κ3) is 2.72. The molecular weight excluding hydrogens is 166 g/mol. The molecule has 1 aromatic carbocycles. The lowest BCUT2D eigenvalue weighted by Gasteiger charge is -2.15. The van der Waals surface area contributed by atoms with Crippen LogP contribution in [0.4, 0.5) is 0 Å². The Balaban J connectivity index is 2.78. The fraction of sp³-hybridized carbons (Fsp3) is 0.400. The van der Waals surface area contributed by atoms with Crippen LogP contribution in [0.2, 0.25) is 0 Å². The van der Waals surface area contributed by atoms with Crippen molar-refractivity contribution in [3.63, 3.8) is 0 Å². The number of aromatic hydroxyl groups is 1. The fourth-order valence-electron chi connectivity index (χ4n) is 1.28. The average Bonchev–Trinajstić information content (AvgIpc) is 2.14. The first-order valence-electron chi connectivity index (χ1n) is 4.41. The molecule has 72 valence electrons. The summed E-state index contributed by atoms with van der Waals surface area (Å²) >= 11 is 0. The summed E-state index contributed by atoms with van der Waals surface area (Å²) in [5, 5.41) is 21.4. The van der Waals surface area contributed by atoms with Crippen molar-refractivity contribution in [2.75, 3.05) is 13.2 Å². The molecule has 3 heteroatoms. The van der Waals surface area contributed by atoms with E-state index in [2.05, 4.69) is 5.32 Å². The Hall–Kier alpha value is -1.06. The van der Waals surface area contributed by atoms with E-state index < -0.39 is 0 Å². The lowest BCUT2D eigenvalue weighted by molar-refractivity contribution is 0.246. The monoisotopic (exact) mass is 181 g/mol. The van der Waals surface area contributed by atoms with Gasteiger partial charge >= 0.3 is 0 Å². The minimum Gasteiger partial charge on any atom is -0.508 e. The summed E-state index contributed by atoms with van der Waals surface area (Å²) in [6, 6.07) is 6.83. The predicted octanol–water partition coefficient (Wildman–Crippen LogP) is 1.04. The topological polar surface area (TPSA) is 52.5 Å². The van der Waals surface area contributed by atoms with Crippen LogP contribution < -0.4 is 5.32 Å². The van der Waals surface area contributed by atoms with Gasteiger partial charge in [0.1, 0.15) is 5.75 Å². The third-order valence-electron chi connectivity index (χ3n) is 1.91. The van der Waals surface area contributed by atoms with Gasteiger partial charge < -0.3 is 15.5 Å². The van der Waals surface area contributed by atoms with E-state index in [9.17, 15) is 5.11 Å². The molecule has 0 aliphatic rings. The fourth-order valence-corrected chi connectivity index (χ4v) is 1.28. The van der Waals surface area contributed by atoms with Crippen molar-refractivity contribution < 1.29 is 10.2 Å². The van der Waals surface area contributed by atoms with Gasteiger partial charge in [-0.1, -0.05) is 19.1 Å². The Morgan fingerprint density at radius 3 is 2.77 bits per heavy atom. The van der Waals surface area contributed by atoms with Crippen molar-refractivity contribution >= 4 is 0 Å². The summed E-state index contributed by atoms with van der Waals surface area (Å²) in [6.07, 6.45) is 0. The van der Waals surface area contributed by atoms with Gasteiger partial charge in [0.25, 0.3) is 0 Å². The van der Waals surface area contributed by atoms with Gasteiger partial charge in [0.05, 0.1) is 12.6 Å². The summed E-state index contributed by atoms with van der Waals surface area (Å²) < 4.78 is 0. The number of aliphatic hydroxyl groups is 1. The first-order valence-corrected chi connectivity index (χ1v) is 4.41. The maximum absolute atomic E-state index is 9.22. The summed E-state index contributed by atoms with van der Waals surface area (Å²) in [7, 11) is 0. The van der Waals surface area contributed by atoms with Crippen molar-refractivity contribution in [1.29, 1.82) is 0 Å². The number of nitrogens with one attached hydrogen (secondary N) is 1. The van der Waals surface area contributed by atoms with Crippen LogP contribution in [0.15, 0.2) is 24.3 Å². The number of rotatable bonds is 4. The normalized spacial score (nSPS) is 12.8. The molecule has 0 aliphatic carbocycles. The molecule has 1 atom stereocenters. The van der Waals surface area contributed by atoms with E-state index in [1.165, 1.54) is 0 Å². The number of phenolic OH excluding ortho intramolecular Hbond substituents is 1. The van der Waals surface area contributed by atoms with Crippen LogP contribution in [0.3, 0.4) is 0 Å². The highest BCUT2D eigenvalue weighted by molar-refractivity contribution is 5.29. The molecule has 1 unspecified atom stereocenters. The minimum absolute atomic E-state index is 0.0390. The van der Waals surface area contributed by atoms with Crippen LogP contribution in [0.1, 0.15) is 18.5 Å². The number of aliphatic hydroxyl groups excluding tert-OH is 1. The predicted molar refractivity (Wildman–Crippen MR) is 51.6 cm³/mol. The van der Waals surface area contributed by atoms with Crippen molar-refractivity contribution in [2.45, 2.75) is 13.0 Å². The number of phenols is 1. The second-order valence-corrected chi connectivity index (χ2v) is 2.89. The number of likely N-dealkylation sites (N-methyl/N-ethyl adjacent to an activating group) is 1. The van der Waals surface area contributed by atoms with Crippen LogP contribution in [0, 0.1) is 0 Å². The van der Waals surface area contributed by atoms with E-state index in [0.29, 0.717) is 0 Å². The Kier molecular flexibility index (Phi) is 3.73. The van der Waals surface area contributed by atoms with Crippen LogP contribution in [-0.4, -0.2) is 23.4 Å². The minimum atomic E-state index is -0.0860. The van der Waals surface area contributed by atoms with E-state index in [4.69, 9.17) is 5.11 Å². The molecule has 1 rings (SSSR count). The second-order valence-electron chi connectivity index (χ2n) is 2.89. The lowest BCUT2D eigenvalue weighted by atomic mass is 10.1. The van der Waals surface area contributed by atoms with Gasteiger partial charge in [0.15, 0.2) is 0 Å². The van der Waals surface area contributed by atoms with Crippen LogP contribution >= 0.6 is 0 Å². The van der Waals surface area contributed by atoms with Crippen molar-refractivity contribution in [1.82, 2.24) is 5.32 Å². The Labute approximate surface area is 78.0 Å². The largest absolute Gasteiger partial charge is 0.508 e. The van der Waals surface area contributed by atoms with E-state index in [1.807, 2.05) is 13.0 Å². The molecule has 0 bridgehead atoms. The molecule has 1 aromatic rings. The van der Waals surface area contributed by atoms with Crippen molar-refractivity contribution in [3.05, 3.63) is 29.8 Å². The Bertz CT molecular complexity index is 263. The maximum atomic E-state index is 9.22. The maximum Gasteiger partial charge on any atom is 0.115 e. The van der Waals surface area contributed by atoms with Gasteiger partial charge in [0.2, 0.25) is 0 Å². The smallest absolute Gasteiger partial charge is 0.115 e. The first kappa shape index (κ1) is 10.0. The molecule has 0 saturated heterocycles. The van der Waals surface area contributed by atoms with E-state index in [1.54, 1.807) is 18.2 Å². The van der Waals surface area contributed by atoms with E-state index in [-0.39, 0.29) is 18.4 Å². The zero-order valence-corrected chi connectivity index (χ0v) is 7.70. The summed E-state index contributed by atoms with van der Waals surface area (Å²) in [5.74, 6) is 0.230. The summed E-state index contributed by atoms with van der Waals surface area (Å²) in [6.45, 7) is 2.81. The average molecular weight is 181 g/mol. The summed E-state index contributed by atoms with van der Waals surface area (Å²) in [4.78, 5) is 0. The van der Waals surface area contributed by atoms with Gasteiger partial charge in [0, 0.05) is 0 Å². The quantitative estimate of drug-likeness (QED) is 0.650. The standard InChI is InChI=1S/C10H15NO2/c1-2-11-10(7-12)8-4-3-5-9(13)6-8/h3-6,10-13H,2,7H2,1H3. The highest BCUT2D eigenvalue weighted by Gasteiger charge is 2.08. The molecular formula is C10H15NO2. The Morgan fingerprint density at radius 2 is 2.23 bits per heavy atom. The number of benzene rings is 1. The number of hydrogen-bond acceptors (Lipinski definition) is 3. The lowest BCUT2D eigenvalue weighted by Crippen LogP contribution is -2.23. The molecule has 13 heavy (non-hydrogen) atoms. The van der Waals surface area contributed by atoms with Gasteiger partial charge in [-0.3, -0.25) is 0 Å². The molecule has 0 aliphatic heterocycles. The van der Waals surface area contributed by atoms with Crippen LogP contribution in [0.25, 0.3) is 0 Å². The van der Waals surface area contributed by atoms with Crippen molar-refractivity contribution in [2.24, 2.45) is 0 Å².